The Balaban J connectivity index is 1.44. The lowest BCUT2D eigenvalue weighted by Crippen LogP contribution is -2.47. The third-order valence-electron chi connectivity index (χ3n) is 6.58. The van der Waals surface area contributed by atoms with Crippen LogP contribution in [-0.4, -0.2) is 34.6 Å². The van der Waals surface area contributed by atoms with Gasteiger partial charge in [-0.15, -0.1) is 11.3 Å². The van der Waals surface area contributed by atoms with Crippen molar-refractivity contribution in [3.63, 3.8) is 0 Å². The van der Waals surface area contributed by atoms with Gasteiger partial charge in [-0.25, -0.2) is 9.37 Å². The monoisotopic (exact) mass is 454 g/mol. The van der Waals surface area contributed by atoms with Crippen molar-refractivity contribution in [2.45, 2.75) is 51.1 Å². The summed E-state index contributed by atoms with van der Waals surface area (Å²) in [5.41, 5.74) is 1.42. The van der Waals surface area contributed by atoms with E-state index < -0.39 is 0 Å². The van der Waals surface area contributed by atoms with E-state index in [1.54, 1.807) is 16.7 Å². The van der Waals surface area contributed by atoms with Crippen molar-refractivity contribution in [2.24, 2.45) is 5.92 Å². The van der Waals surface area contributed by atoms with Crippen LogP contribution in [0.1, 0.15) is 44.1 Å². The number of nitrogens with one attached hydrogen (secondary N) is 1. The molecule has 168 valence electrons. The number of hydrogen-bond donors (Lipinski definition) is 1. The number of carbonyl (C=O) groups is 1. The second-order valence-corrected chi connectivity index (χ2v) is 9.76. The van der Waals surface area contributed by atoms with Crippen molar-refractivity contribution < 1.29 is 9.18 Å². The van der Waals surface area contributed by atoms with Gasteiger partial charge in [0.25, 0.3) is 5.56 Å². The Kier molecular flexibility index (Phi) is 5.95. The fourth-order valence-electron chi connectivity index (χ4n) is 4.85. The van der Waals surface area contributed by atoms with Crippen LogP contribution in [0.4, 0.5) is 10.3 Å². The zero-order valence-electron chi connectivity index (χ0n) is 17.9. The van der Waals surface area contributed by atoms with E-state index in [9.17, 15) is 14.0 Å². The molecule has 1 amide bonds. The van der Waals surface area contributed by atoms with E-state index in [1.807, 2.05) is 11.4 Å². The molecule has 0 bridgehead atoms. The molecule has 8 heteroatoms. The van der Waals surface area contributed by atoms with E-state index in [0.29, 0.717) is 35.3 Å². The summed E-state index contributed by atoms with van der Waals surface area (Å²) in [5.74, 6) is 0.285. The van der Waals surface area contributed by atoms with E-state index in [1.165, 1.54) is 36.3 Å². The molecular formula is C24H27FN4O2S. The Bertz CT molecular complexity index is 1170. The number of piperidine rings is 1. The first-order chi connectivity index (χ1) is 15.6. The standard InChI is InChI=1S/C24H27FN4O2S/c25-18-9-7-16(8-10-18)14-29-23(31)21-20(11-13-32-21)27-24(29)28-12-3-4-17(15-28)22(30)26-19-5-1-2-6-19/h7-11,13,17,19H,1-6,12,14-15H2,(H,26,30)/t17-/m0/s1. The minimum Gasteiger partial charge on any atom is -0.353 e. The summed E-state index contributed by atoms with van der Waals surface area (Å²) in [6.07, 6.45) is 6.21. The van der Waals surface area contributed by atoms with Crippen LogP contribution in [-0.2, 0) is 11.3 Å². The smallest absolute Gasteiger partial charge is 0.273 e. The van der Waals surface area contributed by atoms with Crippen LogP contribution < -0.4 is 15.8 Å². The Morgan fingerprint density at radius 1 is 1.12 bits per heavy atom. The van der Waals surface area contributed by atoms with E-state index in [0.717, 1.165) is 37.8 Å². The number of benzene rings is 1. The van der Waals surface area contributed by atoms with Crippen LogP contribution in [0.25, 0.3) is 10.2 Å². The predicted octanol–water partition coefficient (Wildman–Crippen LogP) is 3.92. The number of halogens is 1. The summed E-state index contributed by atoms with van der Waals surface area (Å²) < 4.78 is 15.7. The van der Waals surface area contributed by atoms with Gasteiger partial charge in [-0.1, -0.05) is 25.0 Å². The molecule has 1 aliphatic heterocycles. The highest BCUT2D eigenvalue weighted by Crippen LogP contribution is 2.26. The first kappa shape index (κ1) is 21.1. The summed E-state index contributed by atoms with van der Waals surface area (Å²) in [7, 11) is 0. The van der Waals surface area contributed by atoms with Gasteiger partial charge in [0.05, 0.1) is 18.0 Å². The molecule has 32 heavy (non-hydrogen) atoms. The number of aromatic nitrogens is 2. The quantitative estimate of drug-likeness (QED) is 0.635. The van der Waals surface area contributed by atoms with Crippen LogP contribution in [0.15, 0.2) is 40.5 Å². The third-order valence-corrected chi connectivity index (χ3v) is 7.47. The molecule has 3 aromatic rings. The highest BCUT2D eigenvalue weighted by atomic mass is 32.1. The van der Waals surface area contributed by atoms with Gasteiger partial charge >= 0.3 is 0 Å². The van der Waals surface area contributed by atoms with E-state index in [4.69, 9.17) is 4.98 Å². The SMILES string of the molecule is O=C(NC1CCCC1)[C@H]1CCCN(c2nc3ccsc3c(=O)n2Cc2ccc(F)cc2)C1. The maximum absolute atomic E-state index is 13.4. The van der Waals surface area contributed by atoms with Gasteiger partial charge in [0.2, 0.25) is 11.9 Å². The minimum atomic E-state index is -0.305. The predicted molar refractivity (Wildman–Crippen MR) is 125 cm³/mol. The average Bonchev–Trinajstić information content (AvgIpc) is 3.49. The molecule has 2 aliphatic rings. The number of amides is 1. The summed E-state index contributed by atoms with van der Waals surface area (Å²) in [5, 5.41) is 5.10. The zero-order chi connectivity index (χ0) is 22.1. The maximum Gasteiger partial charge on any atom is 0.273 e. The lowest BCUT2D eigenvalue weighted by Gasteiger charge is -2.34. The lowest BCUT2D eigenvalue weighted by atomic mass is 9.97. The van der Waals surface area contributed by atoms with E-state index in [2.05, 4.69) is 10.2 Å². The van der Waals surface area contributed by atoms with Crippen LogP contribution in [0.2, 0.25) is 0 Å². The molecule has 0 spiro atoms. The Morgan fingerprint density at radius 2 is 1.91 bits per heavy atom. The van der Waals surface area contributed by atoms with E-state index >= 15 is 0 Å². The molecule has 0 unspecified atom stereocenters. The highest BCUT2D eigenvalue weighted by molar-refractivity contribution is 7.17. The Labute approximate surface area is 190 Å². The summed E-state index contributed by atoms with van der Waals surface area (Å²) in [6.45, 7) is 1.60. The number of nitrogens with zero attached hydrogens (tertiary/aromatic N) is 3. The number of fused-ring (bicyclic) bond motifs is 1. The molecule has 2 aromatic heterocycles. The summed E-state index contributed by atoms with van der Waals surface area (Å²) >= 11 is 1.38. The number of carbonyl (C=O) groups excluding carboxylic acids is 1. The molecule has 1 saturated heterocycles. The first-order valence-electron chi connectivity index (χ1n) is 11.4. The van der Waals surface area contributed by atoms with Crippen molar-refractivity contribution in [1.29, 1.82) is 0 Å². The van der Waals surface area contributed by atoms with Crippen LogP contribution >= 0.6 is 11.3 Å². The molecule has 6 nitrogen and oxygen atoms in total. The fraction of sp³-hybridized carbons (Fsp3) is 0.458. The van der Waals surface area contributed by atoms with Crippen molar-refractivity contribution in [2.75, 3.05) is 18.0 Å². The van der Waals surface area contributed by atoms with Crippen molar-refractivity contribution >= 4 is 33.4 Å². The number of anilines is 1. The topological polar surface area (TPSA) is 67.2 Å². The molecule has 1 aromatic carbocycles. The van der Waals surface area contributed by atoms with Gasteiger partial charge in [0.15, 0.2) is 0 Å². The van der Waals surface area contributed by atoms with Gasteiger partial charge < -0.3 is 10.2 Å². The molecular weight excluding hydrogens is 427 g/mol. The van der Waals surface area contributed by atoms with Crippen molar-refractivity contribution in [1.82, 2.24) is 14.9 Å². The molecule has 0 radical (unpaired) electrons. The lowest BCUT2D eigenvalue weighted by molar-refractivity contribution is -0.125. The van der Waals surface area contributed by atoms with Crippen LogP contribution in [0.3, 0.4) is 0 Å². The third kappa shape index (κ3) is 4.28. The minimum absolute atomic E-state index is 0.0955. The van der Waals surface area contributed by atoms with Gasteiger partial charge in [-0.05, 0) is 54.8 Å². The first-order valence-corrected chi connectivity index (χ1v) is 12.2. The van der Waals surface area contributed by atoms with Gasteiger partial charge in [-0.2, -0.15) is 0 Å². The van der Waals surface area contributed by atoms with Gasteiger partial charge in [0.1, 0.15) is 10.5 Å². The highest BCUT2D eigenvalue weighted by Gasteiger charge is 2.30. The van der Waals surface area contributed by atoms with Gasteiger partial charge in [-0.3, -0.25) is 14.2 Å². The van der Waals surface area contributed by atoms with E-state index in [-0.39, 0.29) is 23.2 Å². The van der Waals surface area contributed by atoms with Crippen molar-refractivity contribution in [3.8, 4) is 0 Å². The summed E-state index contributed by atoms with van der Waals surface area (Å²) in [6, 6.07) is 8.36. The second kappa shape index (κ2) is 9.02. The number of hydrogen-bond acceptors (Lipinski definition) is 5. The molecule has 1 atom stereocenters. The number of thiophene rings is 1. The second-order valence-electron chi connectivity index (χ2n) is 8.84. The Hall–Kier alpha value is -2.74. The molecule has 1 saturated carbocycles. The molecule has 1 N–H and O–H groups in total. The molecule has 1 aliphatic carbocycles. The van der Waals surface area contributed by atoms with Gasteiger partial charge in [0, 0.05) is 19.1 Å². The summed E-state index contributed by atoms with van der Waals surface area (Å²) in [4.78, 5) is 33.1. The number of rotatable bonds is 5. The maximum atomic E-state index is 13.4. The molecule has 5 rings (SSSR count). The van der Waals surface area contributed by atoms with Crippen LogP contribution in [0, 0.1) is 11.7 Å². The normalized spacial score (nSPS) is 19.5. The molecule has 2 fully saturated rings. The average molecular weight is 455 g/mol. The fourth-order valence-corrected chi connectivity index (χ4v) is 5.63. The largest absolute Gasteiger partial charge is 0.353 e. The Morgan fingerprint density at radius 3 is 2.69 bits per heavy atom. The zero-order valence-corrected chi connectivity index (χ0v) is 18.7. The molecule has 3 heterocycles. The van der Waals surface area contributed by atoms with Crippen LogP contribution in [0.5, 0.6) is 0 Å². The van der Waals surface area contributed by atoms with Crippen molar-refractivity contribution in [3.05, 3.63) is 57.4 Å².